The summed E-state index contributed by atoms with van der Waals surface area (Å²) in [4.78, 5) is 40.5. The number of benzene rings is 2. The van der Waals surface area contributed by atoms with Gasteiger partial charge in [0.25, 0.3) is 0 Å². The molecule has 0 radical (unpaired) electrons. The van der Waals surface area contributed by atoms with Crippen LogP contribution in [0.2, 0.25) is 0 Å². The molecule has 33 heavy (non-hydrogen) atoms. The van der Waals surface area contributed by atoms with Gasteiger partial charge >= 0.3 is 11.9 Å². The molecule has 0 aliphatic carbocycles. The molecular weight excluding hydrogens is 432 g/mol. The third-order valence-electron chi connectivity index (χ3n) is 4.66. The lowest BCUT2D eigenvalue weighted by molar-refractivity contribution is -0.145. The number of aromatic hydroxyl groups is 1. The predicted molar refractivity (Wildman–Crippen MR) is 119 cm³/mol. The number of hydrogen-bond donors (Lipinski definition) is 3. The fourth-order valence-electron chi connectivity index (χ4n) is 3.00. The number of nitrogens with zero attached hydrogens (tertiary/aromatic N) is 1. The number of amides is 1. The van der Waals surface area contributed by atoms with E-state index in [0.717, 1.165) is 5.56 Å². The minimum Gasteiger partial charge on any atom is -0.502 e. The number of rotatable bonds is 11. The minimum absolute atomic E-state index is 0.114. The minimum atomic E-state index is -1.32. The van der Waals surface area contributed by atoms with Gasteiger partial charge in [0.05, 0.1) is 27.8 Å². The molecule has 2 unspecified atom stereocenters. The van der Waals surface area contributed by atoms with E-state index < -0.39 is 36.4 Å². The van der Waals surface area contributed by atoms with E-state index in [1.807, 2.05) is 6.07 Å². The maximum absolute atomic E-state index is 12.8. The van der Waals surface area contributed by atoms with E-state index in [1.54, 1.807) is 24.3 Å². The van der Waals surface area contributed by atoms with Gasteiger partial charge in [-0.15, -0.1) is 0 Å². The molecule has 0 heterocycles. The van der Waals surface area contributed by atoms with E-state index in [0.29, 0.717) is 5.56 Å². The van der Waals surface area contributed by atoms with Crippen molar-refractivity contribution in [1.29, 1.82) is 0 Å². The van der Waals surface area contributed by atoms with Crippen LogP contribution >= 0.6 is 0 Å². The second kappa shape index (κ2) is 12.1. The van der Waals surface area contributed by atoms with Crippen molar-refractivity contribution in [2.24, 2.45) is 4.99 Å². The zero-order valence-electron chi connectivity index (χ0n) is 18.5. The number of carbonyl (C=O) groups excluding carboxylic acids is 2. The van der Waals surface area contributed by atoms with Gasteiger partial charge in [-0.1, -0.05) is 30.3 Å². The molecule has 2 aromatic carbocycles. The van der Waals surface area contributed by atoms with Crippen LogP contribution in [0.5, 0.6) is 17.2 Å². The molecule has 0 saturated heterocycles. The van der Waals surface area contributed by atoms with Crippen molar-refractivity contribution < 1.29 is 38.8 Å². The number of hydrogen-bond acceptors (Lipinski definition) is 8. The number of nitrogens with one attached hydrogen (secondary N) is 1. The molecule has 0 fully saturated rings. The fourth-order valence-corrected chi connectivity index (χ4v) is 3.00. The topological polar surface area (TPSA) is 144 Å². The number of esters is 1. The van der Waals surface area contributed by atoms with Crippen molar-refractivity contribution in [1.82, 2.24) is 5.32 Å². The smallest absolute Gasteiger partial charge is 0.328 e. The van der Waals surface area contributed by atoms with Crippen LogP contribution in [0.4, 0.5) is 0 Å². The first-order valence-electron chi connectivity index (χ1n) is 9.91. The summed E-state index contributed by atoms with van der Waals surface area (Å²) in [5, 5.41) is 21.8. The molecule has 3 N–H and O–H groups in total. The average Bonchev–Trinajstić information content (AvgIpc) is 2.81. The highest BCUT2D eigenvalue weighted by molar-refractivity contribution is 5.92. The number of methoxy groups -OCH3 is 3. The lowest BCUT2D eigenvalue weighted by Gasteiger charge is -2.19. The van der Waals surface area contributed by atoms with Crippen molar-refractivity contribution in [3.05, 3.63) is 53.6 Å². The third kappa shape index (κ3) is 7.23. The first-order chi connectivity index (χ1) is 15.8. The van der Waals surface area contributed by atoms with Crippen molar-refractivity contribution in [2.45, 2.75) is 24.9 Å². The highest BCUT2D eigenvalue weighted by Crippen LogP contribution is 2.36. The van der Waals surface area contributed by atoms with Gasteiger partial charge in [0.2, 0.25) is 11.7 Å². The second-order valence-electron chi connectivity index (χ2n) is 6.94. The van der Waals surface area contributed by atoms with Gasteiger partial charge in [0.15, 0.2) is 11.5 Å². The highest BCUT2D eigenvalue weighted by Gasteiger charge is 2.27. The number of phenols is 1. The summed E-state index contributed by atoms with van der Waals surface area (Å²) in [6, 6.07) is 9.54. The standard InChI is InChI=1S/C23H26N2O8/c1-31-18-10-15(11-19(32-2)21(18)28)13-24-16(12-20(26)27)22(29)25-17(23(30)33-3)9-14-7-5-4-6-8-14/h4-8,10-11,13,16-17,28H,9,12H2,1-3H3,(H,25,29)(H,26,27). The summed E-state index contributed by atoms with van der Waals surface area (Å²) in [7, 11) is 3.91. The Labute approximate surface area is 190 Å². The van der Waals surface area contributed by atoms with Crippen molar-refractivity contribution in [2.75, 3.05) is 21.3 Å². The van der Waals surface area contributed by atoms with Crippen molar-refractivity contribution in [3.63, 3.8) is 0 Å². The molecule has 1 amide bonds. The van der Waals surface area contributed by atoms with Crippen LogP contribution in [0.25, 0.3) is 0 Å². The Kier molecular flexibility index (Phi) is 9.22. The third-order valence-corrected chi connectivity index (χ3v) is 4.66. The molecule has 0 aromatic heterocycles. The second-order valence-corrected chi connectivity index (χ2v) is 6.94. The number of carboxylic acid groups (broad SMARTS) is 1. The Morgan fingerprint density at radius 2 is 1.67 bits per heavy atom. The van der Waals surface area contributed by atoms with Crippen LogP contribution in [0.3, 0.4) is 0 Å². The number of carboxylic acids is 1. The van der Waals surface area contributed by atoms with Crippen LogP contribution in [-0.2, 0) is 25.5 Å². The van der Waals surface area contributed by atoms with Gasteiger partial charge in [-0.05, 0) is 23.3 Å². The van der Waals surface area contributed by atoms with Gasteiger partial charge in [-0.3, -0.25) is 14.6 Å². The van der Waals surface area contributed by atoms with Crippen LogP contribution < -0.4 is 14.8 Å². The molecule has 0 spiro atoms. The molecule has 0 bridgehead atoms. The Hall–Kier alpha value is -4.08. The molecule has 10 nitrogen and oxygen atoms in total. The zero-order chi connectivity index (χ0) is 24.4. The summed E-state index contributed by atoms with van der Waals surface area (Å²) < 4.78 is 14.9. The summed E-state index contributed by atoms with van der Waals surface area (Å²) in [5.74, 6) is -2.65. The van der Waals surface area contributed by atoms with E-state index in [-0.39, 0.29) is 23.7 Å². The van der Waals surface area contributed by atoms with E-state index in [2.05, 4.69) is 10.3 Å². The molecule has 2 aromatic rings. The largest absolute Gasteiger partial charge is 0.502 e. The molecule has 2 atom stereocenters. The normalized spacial score (nSPS) is 12.6. The lowest BCUT2D eigenvalue weighted by Crippen LogP contribution is -2.47. The van der Waals surface area contributed by atoms with E-state index >= 15 is 0 Å². The molecule has 10 heteroatoms. The Bertz CT molecular complexity index is 982. The number of phenolic OH excluding ortho intramolecular Hbond substituents is 1. The van der Waals surface area contributed by atoms with E-state index in [9.17, 15) is 24.6 Å². The summed E-state index contributed by atoms with van der Waals surface area (Å²) in [6.45, 7) is 0. The number of ether oxygens (including phenoxy) is 3. The molecule has 2 rings (SSSR count). The Morgan fingerprint density at radius 1 is 1.06 bits per heavy atom. The summed E-state index contributed by atoms with van der Waals surface area (Å²) in [5.41, 5.74) is 1.19. The summed E-state index contributed by atoms with van der Waals surface area (Å²) >= 11 is 0. The first-order valence-corrected chi connectivity index (χ1v) is 9.91. The highest BCUT2D eigenvalue weighted by atomic mass is 16.5. The Balaban J connectivity index is 2.26. The average molecular weight is 458 g/mol. The van der Waals surface area contributed by atoms with Crippen LogP contribution in [0, 0.1) is 0 Å². The zero-order valence-corrected chi connectivity index (χ0v) is 18.5. The quantitative estimate of drug-likeness (QED) is 0.340. The SMILES string of the molecule is COC(=O)C(Cc1ccccc1)NC(=O)C(CC(=O)O)N=Cc1cc(OC)c(O)c(OC)c1. The number of aliphatic imine (C=N–C) groups is 1. The van der Waals surface area contributed by atoms with Crippen LogP contribution in [0.15, 0.2) is 47.5 Å². The van der Waals surface area contributed by atoms with Gasteiger partial charge in [-0.2, -0.15) is 0 Å². The first kappa shape index (κ1) is 25.2. The van der Waals surface area contributed by atoms with Gasteiger partial charge in [0, 0.05) is 12.6 Å². The maximum atomic E-state index is 12.8. The number of aliphatic carboxylic acids is 1. The van der Waals surface area contributed by atoms with Gasteiger partial charge in [-0.25, -0.2) is 4.79 Å². The van der Waals surface area contributed by atoms with E-state index in [4.69, 9.17) is 14.2 Å². The van der Waals surface area contributed by atoms with Crippen LogP contribution in [0.1, 0.15) is 17.5 Å². The maximum Gasteiger partial charge on any atom is 0.328 e. The number of carbonyl (C=O) groups is 3. The molecule has 176 valence electrons. The van der Waals surface area contributed by atoms with Gasteiger partial charge in [0.1, 0.15) is 12.1 Å². The van der Waals surface area contributed by atoms with E-state index in [1.165, 1.54) is 39.7 Å². The lowest BCUT2D eigenvalue weighted by atomic mass is 10.1. The molecule has 0 aliphatic heterocycles. The monoisotopic (exact) mass is 458 g/mol. The predicted octanol–water partition coefficient (Wildman–Crippen LogP) is 1.57. The van der Waals surface area contributed by atoms with Gasteiger partial charge < -0.3 is 29.7 Å². The molecule has 0 saturated carbocycles. The van der Waals surface area contributed by atoms with Crippen LogP contribution in [-0.4, -0.2) is 67.7 Å². The molecular formula is C23H26N2O8. The Morgan fingerprint density at radius 3 is 2.18 bits per heavy atom. The fraction of sp³-hybridized carbons (Fsp3) is 0.304. The van der Waals surface area contributed by atoms with Crippen molar-refractivity contribution >= 4 is 24.1 Å². The van der Waals surface area contributed by atoms with Crippen molar-refractivity contribution in [3.8, 4) is 17.2 Å². The molecule has 0 aliphatic rings. The summed E-state index contributed by atoms with van der Waals surface area (Å²) in [6.07, 6.45) is 0.824.